The number of aromatic nitrogens is 2. The molecule has 3 rings (SSSR count). The first kappa shape index (κ1) is 21.6. The van der Waals surface area contributed by atoms with Gasteiger partial charge in [0.2, 0.25) is 0 Å². The summed E-state index contributed by atoms with van der Waals surface area (Å²) in [5.74, 6) is 0.0891. The molecule has 3 aromatic rings. The molecule has 1 amide bonds. The molecule has 0 fully saturated rings. The van der Waals surface area contributed by atoms with Crippen molar-refractivity contribution in [3.8, 4) is 17.2 Å². The Morgan fingerprint density at radius 1 is 1.23 bits per heavy atom. The number of benzene rings is 2. The van der Waals surface area contributed by atoms with E-state index in [0.29, 0.717) is 46.5 Å². The van der Waals surface area contributed by atoms with Crippen molar-refractivity contribution in [1.82, 2.24) is 14.9 Å². The fraction of sp³-hybridized carbons (Fsp3) is 0.273. The minimum absolute atomic E-state index is 0.162. The summed E-state index contributed by atoms with van der Waals surface area (Å²) in [4.78, 5) is 16.5. The Balaban J connectivity index is 1.72. The quantitative estimate of drug-likeness (QED) is 0.529. The number of halogens is 2. The minimum atomic E-state index is -0.404. The van der Waals surface area contributed by atoms with Gasteiger partial charge in [0.25, 0.3) is 5.91 Å². The van der Waals surface area contributed by atoms with Crippen molar-refractivity contribution in [2.24, 2.45) is 0 Å². The van der Waals surface area contributed by atoms with Gasteiger partial charge >= 0.3 is 0 Å². The number of carbonyl (C=O) groups is 1. The van der Waals surface area contributed by atoms with Crippen LogP contribution in [0.5, 0.6) is 11.5 Å². The highest BCUT2D eigenvalue weighted by molar-refractivity contribution is 6.32. The van der Waals surface area contributed by atoms with Gasteiger partial charge in [-0.3, -0.25) is 4.79 Å². The van der Waals surface area contributed by atoms with Crippen LogP contribution >= 0.6 is 11.6 Å². The lowest BCUT2D eigenvalue weighted by Gasteiger charge is -2.15. The van der Waals surface area contributed by atoms with Crippen molar-refractivity contribution >= 4 is 17.5 Å². The first-order valence-electron chi connectivity index (χ1n) is 9.67. The predicted octanol–water partition coefficient (Wildman–Crippen LogP) is 4.78. The topological polar surface area (TPSA) is 65.4 Å². The SMILES string of the molecule is CCCOc1c(Cl)cc(C(=O)NCc2ccc(-n3ccnc3)c(F)c2)cc1OCC. The molecular formula is C22H23ClFN3O3. The number of rotatable bonds is 9. The number of hydrogen-bond acceptors (Lipinski definition) is 4. The highest BCUT2D eigenvalue weighted by Crippen LogP contribution is 2.36. The zero-order valence-electron chi connectivity index (χ0n) is 16.8. The fourth-order valence-electron chi connectivity index (χ4n) is 2.86. The molecule has 1 aromatic heterocycles. The molecule has 0 aliphatic rings. The van der Waals surface area contributed by atoms with E-state index in [9.17, 15) is 9.18 Å². The Morgan fingerprint density at radius 2 is 2.07 bits per heavy atom. The van der Waals surface area contributed by atoms with Gasteiger partial charge in [-0.1, -0.05) is 24.6 Å². The number of amides is 1. The van der Waals surface area contributed by atoms with E-state index in [2.05, 4.69) is 10.3 Å². The number of hydrogen-bond donors (Lipinski definition) is 1. The maximum atomic E-state index is 14.4. The third-order valence-corrected chi connectivity index (χ3v) is 4.55. The number of nitrogens with one attached hydrogen (secondary N) is 1. The van der Waals surface area contributed by atoms with Crippen LogP contribution in [0.4, 0.5) is 4.39 Å². The number of imidazole rings is 1. The Morgan fingerprint density at radius 3 is 2.73 bits per heavy atom. The van der Waals surface area contributed by atoms with Gasteiger partial charge in [0.15, 0.2) is 11.5 Å². The molecule has 0 aliphatic carbocycles. The third-order valence-electron chi connectivity index (χ3n) is 4.27. The first-order chi connectivity index (χ1) is 14.5. The lowest BCUT2D eigenvalue weighted by atomic mass is 10.1. The van der Waals surface area contributed by atoms with E-state index in [4.69, 9.17) is 21.1 Å². The molecule has 1 heterocycles. The summed E-state index contributed by atoms with van der Waals surface area (Å²) in [6.07, 6.45) is 5.58. The molecule has 0 aliphatic heterocycles. The van der Waals surface area contributed by atoms with Crippen molar-refractivity contribution in [1.29, 1.82) is 0 Å². The van der Waals surface area contributed by atoms with Crippen molar-refractivity contribution < 1.29 is 18.7 Å². The molecule has 8 heteroatoms. The average molecular weight is 432 g/mol. The van der Waals surface area contributed by atoms with Crippen LogP contribution < -0.4 is 14.8 Å². The second kappa shape index (κ2) is 10.1. The second-order valence-electron chi connectivity index (χ2n) is 6.51. The second-order valence-corrected chi connectivity index (χ2v) is 6.91. The molecule has 0 unspecified atom stereocenters. The normalized spacial score (nSPS) is 10.7. The maximum absolute atomic E-state index is 14.4. The number of nitrogens with zero attached hydrogens (tertiary/aromatic N) is 2. The van der Waals surface area contributed by atoms with E-state index < -0.39 is 5.82 Å². The number of ether oxygens (including phenoxy) is 2. The molecule has 158 valence electrons. The van der Waals surface area contributed by atoms with Gasteiger partial charge in [0.05, 0.1) is 30.3 Å². The lowest BCUT2D eigenvalue weighted by molar-refractivity contribution is 0.0950. The minimum Gasteiger partial charge on any atom is -0.490 e. The molecule has 2 aromatic carbocycles. The fourth-order valence-corrected chi connectivity index (χ4v) is 3.13. The molecule has 1 N–H and O–H groups in total. The highest BCUT2D eigenvalue weighted by Gasteiger charge is 2.16. The number of carbonyl (C=O) groups excluding carboxylic acids is 1. The van der Waals surface area contributed by atoms with Crippen molar-refractivity contribution in [3.05, 3.63) is 71.0 Å². The molecule has 0 bridgehead atoms. The van der Waals surface area contributed by atoms with Crippen molar-refractivity contribution in [3.63, 3.8) is 0 Å². The summed E-state index contributed by atoms with van der Waals surface area (Å²) in [5.41, 5.74) is 1.35. The third kappa shape index (κ3) is 5.10. The van der Waals surface area contributed by atoms with Crippen molar-refractivity contribution in [2.45, 2.75) is 26.8 Å². The average Bonchev–Trinajstić information content (AvgIpc) is 3.26. The van der Waals surface area contributed by atoms with E-state index in [1.165, 1.54) is 18.5 Å². The smallest absolute Gasteiger partial charge is 0.251 e. The van der Waals surface area contributed by atoms with Crippen LogP contribution in [0.25, 0.3) is 5.69 Å². The van der Waals surface area contributed by atoms with E-state index in [0.717, 1.165) is 6.42 Å². The van der Waals surface area contributed by atoms with Gasteiger partial charge < -0.3 is 19.4 Å². The van der Waals surface area contributed by atoms with E-state index in [1.807, 2.05) is 13.8 Å². The highest BCUT2D eigenvalue weighted by atomic mass is 35.5. The van der Waals surface area contributed by atoms with Gasteiger partial charge in [-0.25, -0.2) is 9.37 Å². The van der Waals surface area contributed by atoms with Gasteiger partial charge in [0.1, 0.15) is 5.82 Å². The Kier molecular flexibility index (Phi) is 7.30. The molecule has 6 nitrogen and oxygen atoms in total. The summed E-state index contributed by atoms with van der Waals surface area (Å²) >= 11 is 6.31. The summed E-state index contributed by atoms with van der Waals surface area (Å²) in [5, 5.41) is 3.08. The van der Waals surface area contributed by atoms with Crippen LogP contribution in [-0.2, 0) is 6.54 Å². The standard InChI is InChI=1S/C22H23ClFN3O3/c1-3-9-30-21-17(23)11-16(12-20(21)29-4-2)22(28)26-13-15-5-6-19(18(24)10-15)27-8-7-25-14-27/h5-8,10-12,14H,3-4,9,13H2,1-2H3,(H,26,28). The molecule has 0 saturated carbocycles. The molecule has 0 atom stereocenters. The Hall–Kier alpha value is -3.06. The van der Waals surface area contributed by atoms with Crippen LogP contribution in [0.1, 0.15) is 36.2 Å². The van der Waals surface area contributed by atoms with Crippen LogP contribution in [0.2, 0.25) is 5.02 Å². The largest absolute Gasteiger partial charge is 0.490 e. The zero-order valence-corrected chi connectivity index (χ0v) is 17.6. The van der Waals surface area contributed by atoms with Crippen LogP contribution in [0.3, 0.4) is 0 Å². The Labute approximate surface area is 179 Å². The predicted molar refractivity (Wildman–Crippen MR) is 113 cm³/mol. The van der Waals surface area contributed by atoms with E-state index >= 15 is 0 Å². The van der Waals surface area contributed by atoms with Crippen LogP contribution in [0, 0.1) is 5.82 Å². The molecule has 0 saturated heterocycles. The van der Waals surface area contributed by atoms with Crippen molar-refractivity contribution in [2.75, 3.05) is 13.2 Å². The first-order valence-corrected chi connectivity index (χ1v) is 10.0. The monoisotopic (exact) mass is 431 g/mol. The van der Waals surface area contributed by atoms with E-state index in [1.54, 1.807) is 35.2 Å². The summed E-state index contributed by atoms with van der Waals surface area (Å²) in [6, 6.07) is 7.91. The van der Waals surface area contributed by atoms with Gasteiger partial charge in [-0.15, -0.1) is 0 Å². The molecule has 30 heavy (non-hydrogen) atoms. The summed E-state index contributed by atoms with van der Waals surface area (Å²) < 4.78 is 27.2. The molecular weight excluding hydrogens is 409 g/mol. The van der Waals surface area contributed by atoms with Crippen LogP contribution in [0.15, 0.2) is 49.1 Å². The maximum Gasteiger partial charge on any atom is 0.251 e. The molecule has 0 radical (unpaired) electrons. The lowest BCUT2D eigenvalue weighted by Crippen LogP contribution is -2.23. The van der Waals surface area contributed by atoms with Crippen LogP contribution in [-0.4, -0.2) is 28.7 Å². The van der Waals surface area contributed by atoms with Gasteiger partial charge in [-0.05, 0) is 43.2 Å². The zero-order chi connectivity index (χ0) is 21.5. The molecule has 0 spiro atoms. The Bertz CT molecular complexity index is 1010. The van der Waals surface area contributed by atoms with E-state index in [-0.39, 0.29) is 12.5 Å². The van der Waals surface area contributed by atoms with Gasteiger partial charge in [-0.2, -0.15) is 0 Å². The van der Waals surface area contributed by atoms with Gasteiger partial charge in [0, 0.05) is 24.5 Å². The summed E-state index contributed by atoms with van der Waals surface area (Å²) in [7, 11) is 0. The summed E-state index contributed by atoms with van der Waals surface area (Å²) in [6.45, 7) is 4.89.